The minimum atomic E-state index is -0.873. The predicted molar refractivity (Wildman–Crippen MR) is 101 cm³/mol. The molecule has 3 rings (SSSR count). The average molecular weight is 353 g/mol. The number of aliphatic hydroxyl groups is 1. The van der Waals surface area contributed by atoms with Crippen LogP contribution in [-0.2, 0) is 0 Å². The summed E-state index contributed by atoms with van der Waals surface area (Å²) in [6.45, 7) is 5.43. The number of carbonyl (C=O) groups is 1. The number of amidine groups is 1. The van der Waals surface area contributed by atoms with Crippen LogP contribution in [0.1, 0.15) is 41.5 Å². The number of aliphatic hydroxyl groups excluding tert-OH is 1. The van der Waals surface area contributed by atoms with E-state index in [1.165, 1.54) is 0 Å². The Labute approximate surface area is 152 Å². The van der Waals surface area contributed by atoms with Crippen molar-refractivity contribution in [2.45, 2.75) is 33.0 Å². The molecule has 0 saturated heterocycles. The van der Waals surface area contributed by atoms with Crippen molar-refractivity contribution >= 4 is 23.2 Å². The van der Waals surface area contributed by atoms with E-state index in [4.69, 9.17) is 11.1 Å². The maximum absolute atomic E-state index is 11.6. The molecule has 136 valence electrons. The number of nitrogens with one attached hydrogen (secondary N) is 2. The molecule has 1 aromatic heterocycles. The zero-order chi connectivity index (χ0) is 19.0. The fourth-order valence-corrected chi connectivity index (χ4v) is 3.38. The van der Waals surface area contributed by atoms with Gasteiger partial charge in [-0.05, 0) is 49.7 Å². The summed E-state index contributed by atoms with van der Waals surface area (Å²) in [7, 11) is 0. The van der Waals surface area contributed by atoms with Gasteiger partial charge in [0.15, 0.2) is 0 Å². The third-order valence-corrected chi connectivity index (χ3v) is 4.72. The fourth-order valence-electron chi connectivity index (χ4n) is 3.38. The normalized spacial score (nSPS) is 21.8. The van der Waals surface area contributed by atoms with Gasteiger partial charge in [-0.25, -0.2) is 4.98 Å². The van der Waals surface area contributed by atoms with Crippen LogP contribution in [0.15, 0.2) is 36.4 Å². The van der Waals surface area contributed by atoms with E-state index < -0.39 is 12.1 Å². The summed E-state index contributed by atoms with van der Waals surface area (Å²) < 4.78 is 0. The summed E-state index contributed by atoms with van der Waals surface area (Å²) in [5.41, 5.74) is 8.19. The molecule has 0 fully saturated rings. The van der Waals surface area contributed by atoms with E-state index >= 15 is 0 Å². The lowest BCUT2D eigenvalue weighted by atomic mass is 9.85. The Morgan fingerprint density at radius 2 is 2.08 bits per heavy atom. The molecule has 1 aliphatic rings. The van der Waals surface area contributed by atoms with Crippen LogP contribution in [0.3, 0.4) is 0 Å². The second kappa shape index (κ2) is 6.76. The standard InChI is InChI=1S/C19H23N5O2/c1-10-5-4-6-16(22-10)23-17-11(2)19(26)24(12(3)20)15-8-7-13(18(21)25)9-14(15)17/h4-9,11,17,19-20,26H,1-3H3,(H2,21,25)(H,22,23)/t11-,17-,19+/m1/s1. The van der Waals surface area contributed by atoms with E-state index in [0.717, 1.165) is 11.3 Å². The van der Waals surface area contributed by atoms with Gasteiger partial charge in [0.2, 0.25) is 5.91 Å². The summed E-state index contributed by atoms with van der Waals surface area (Å²) >= 11 is 0. The largest absolute Gasteiger partial charge is 0.373 e. The van der Waals surface area contributed by atoms with Crippen molar-refractivity contribution in [2.24, 2.45) is 11.7 Å². The number of hydrogen-bond acceptors (Lipinski definition) is 5. The smallest absolute Gasteiger partial charge is 0.248 e. The Bertz CT molecular complexity index is 867. The number of anilines is 2. The first-order chi connectivity index (χ1) is 12.3. The maximum atomic E-state index is 11.6. The van der Waals surface area contributed by atoms with Crippen LogP contribution in [0.4, 0.5) is 11.5 Å². The number of carbonyl (C=O) groups excluding carboxylic acids is 1. The molecule has 3 atom stereocenters. The lowest BCUT2D eigenvalue weighted by Crippen LogP contribution is -2.49. The molecule has 7 nitrogen and oxygen atoms in total. The van der Waals surface area contributed by atoms with E-state index in [2.05, 4.69) is 10.3 Å². The van der Waals surface area contributed by atoms with Crippen LogP contribution in [0.25, 0.3) is 0 Å². The average Bonchev–Trinajstić information content (AvgIpc) is 2.58. The fraction of sp³-hybridized carbons (Fsp3) is 0.316. The van der Waals surface area contributed by atoms with Crippen molar-refractivity contribution in [3.63, 3.8) is 0 Å². The molecule has 7 heteroatoms. The lowest BCUT2D eigenvalue weighted by molar-refractivity contribution is 0.0999. The molecule has 1 aliphatic heterocycles. The summed E-state index contributed by atoms with van der Waals surface area (Å²) in [6, 6.07) is 10.4. The van der Waals surface area contributed by atoms with Crippen molar-refractivity contribution in [1.29, 1.82) is 5.41 Å². The number of aromatic nitrogens is 1. The van der Waals surface area contributed by atoms with Crippen molar-refractivity contribution in [1.82, 2.24) is 4.98 Å². The zero-order valence-electron chi connectivity index (χ0n) is 15.0. The first-order valence-corrected chi connectivity index (χ1v) is 8.46. The molecule has 0 spiro atoms. The van der Waals surface area contributed by atoms with Crippen LogP contribution < -0.4 is 16.0 Å². The van der Waals surface area contributed by atoms with Crippen LogP contribution >= 0.6 is 0 Å². The molecule has 0 unspecified atom stereocenters. The highest BCUT2D eigenvalue weighted by atomic mass is 16.3. The number of fused-ring (bicyclic) bond motifs is 1. The maximum Gasteiger partial charge on any atom is 0.248 e. The summed E-state index contributed by atoms with van der Waals surface area (Å²) in [5, 5.41) is 22.2. The van der Waals surface area contributed by atoms with Gasteiger partial charge >= 0.3 is 0 Å². The van der Waals surface area contributed by atoms with Gasteiger partial charge in [-0.1, -0.05) is 13.0 Å². The predicted octanol–water partition coefficient (Wildman–Crippen LogP) is 2.41. The van der Waals surface area contributed by atoms with Gasteiger partial charge in [0.05, 0.1) is 11.9 Å². The Hall–Kier alpha value is -2.93. The van der Waals surface area contributed by atoms with Crippen molar-refractivity contribution in [3.05, 3.63) is 53.2 Å². The van der Waals surface area contributed by atoms with Gasteiger partial charge in [-0.3, -0.25) is 10.2 Å². The third kappa shape index (κ3) is 3.13. The Balaban J connectivity index is 2.11. The van der Waals surface area contributed by atoms with Gasteiger partial charge in [0, 0.05) is 22.9 Å². The number of benzene rings is 1. The molecular weight excluding hydrogens is 330 g/mol. The van der Waals surface area contributed by atoms with E-state index in [0.29, 0.717) is 17.1 Å². The molecule has 0 radical (unpaired) electrons. The number of rotatable bonds is 3. The van der Waals surface area contributed by atoms with E-state index in [1.54, 1.807) is 30.0 Å². The van der Waals surface area contributed by atoms with Gasteiger partial charge in [0.1, 0.15) is 12.0 Å². The van der Waals surface area contributed by atoms with Crippen LogP contribution in [0.5, 0.6) is 0 Å². The van der Waals surface area contributed by atoms with Crippen LogP contribution in [-0.4, -0.2) is 28.1 Å². The van der Waals surface area contributed by atoms with E-state index in [9.17, 15) is 9.90 Å². The highest BCUT2D eigenvalue weighted by Crippen LogP contribution is 2.42. The van der Waals surface area contributed by atoms with Gasteiger partial charge in [0.25, 0.3) is 0 Å². The number of pyridine rings is 1. The van der Waals surface area contributed by atoms with E-state index in [1.807, 2.05) is 32.0 Å². The minimum Gasteiger partial charge on any atom is -0.373 e. The van der Waals surface area contributed by atoms with Gasteiger partial charge in [-0.15, -0.1) is 0 Å². The number of aryl methyl sites for hydroxylation is 1. The lowest BCUT2D eigenvalue weighted by Gasteiger charge is -2.43. The molecule has 26 heavy (non-hydrogen) atoms. The van der Waals surface area contributed by atoms with E-state index in [-0.39, 0.29) is 17.8 Å². The summed E-state index contributed by atoms with van der Waals surface area (Å²) in [5.74, 6) is 0.138. The molecule has 0 saturated carbocycles. The highest BCUT2D eigenvalue weighted by Gasteiger charge is 2.39. The molecule has 0 aliphatic carbocycles. The molecule has 2 aromatic rings. The molecule has 5 N–H and O–H groups in total. The molecule has 0 bridgehead atoms. The monoisotopic (exact) mass is 353 g/mol. The summed E-state index contributed by atoms with van der Waals surface area (Å²) in [6.07, 6.45) is -0.873. The van der Waals surface area contributed by atoms with Gasteiger partial charge in [-0.2, -0.15) is 0 Å². The Morgan fingerprint density at radius 1 is 1.35 bits per heavy atom. The number of hydrogen-bond donors (Lipinski definition) is 4. The quantitative estimate of drug-likeness (QED) is 0.500. The van der Waals surface area contributed by atoms with Crippen molar-refractivity contribution in [2.75, 3.05) is 10.2 Å². The first kappa shape index (κ1) is 17.9. The third-order valence-electron chi connectivity index (χ3n) is 4.72. The van der Waals surface area contributed by atoms with Crippen molar-refractivity contribution < 1.29 is 9.90 Å². The zero-order valence-corrected chi connectivity index (χ0v) is 15.0. The number of primary amides is 1. The van der Waals surface area contributed by atoms with Crippen LogP contribution in [0.2, 0.25) is 0 Å². The molecular formula is C19H23N5O2. The van der Waals surface area contributed by atoms with Gasteiger partial charge < -0.3 is 21.1 Å². The number of nitrogens with two attached hydrogens (primary N) is 1. The summed E-state index contributed by atoms with van der Waals surface area (Å²) in [4.78, 5) is 17.7. The SMILES string of the molecule is CC(=N)N1c2ccc(C(N)=O)cc2[C@H](Nc2cccc(C)n2)[C@@H](C)[C@@H]1O. The van der Waals surface area contributed by atoms with Crippen LogP contribution in [0, 0.1) is 18.3 Å². The molecule has 2 heterocycles. The number of nitrogens with zero attached hydrogens (tertiary/aromatic N) is 2. The molecule has 1 amide bonds. The first-order valence-electron chi connectivity index (χ1n) is 8.46. The topological polar surface area (TPSA) is 115 Å². The second-order valence-corrected chi connectivity index (χ2v) is 6.65. The Kier molecular flexibility index (Phi) is 4.65. The highest BCUT2D eigenvalue weighted by molar-refractivity contribution is 5.98. The van der Waals surface area contributed by atoms with Crippen molar-refractivity contribution in [3.8, 4) is 0 Å². The second-order valence-electron chi connectivity index (χ2n) is 6.65. The minimum absolute atomic E-state index is 0.226. The molecule has 1 aromatic carbocycles. The number of amides is 1. The Morgan fingerprint density at radius 3 is 2.69 bits per heavy atom.